The number of carbonyl (C=O) groups excluding carboxylic acids is 1. The number of sulfone groups is 1. The number of hydrogen-bond acceptors (Lipinski definition) is 8. The van der Waals surface area contributed by atoms with E-state index in [1.807, 2.05) is 24.3 Å². The number of rotatable bonds is 9. The molecule has 34 heavy (non-hydrogen) atoms. The molecule has 0 spiro atoms. The number of thioether (sulfide) groups is 1. The highest BCUT2D eigenvalue weighted by atomic mass is 32.2. The van der Waals surface area contributed by atoms with Gasteiger partial charge in [0.15, 0.2) is 20.8 Å². The van der Waals surface area contributed by atoms with Crippen LogP contribution in [-0.2, 0) is 21.2 Å². The van der Waals surface area contributed by atoms with Crippen LogP contribution >= 0.6 is 11.8 Å². The Balaban J connectivity index is 1.44. The van der Waals surface area contributed by atoms with Crippen LogP contribution in [0, 0.1) is 0 Å². The predicted octanol–water partition coefficient (Wildman–Crippen LogP) is 3.14. The average Bonchev–Trinajstić information content (AvgIpc) is 3.43. The maximum Gasteiger partial charge on any atom is 0.233 e. The minimum absolute atomic E-state index is 0.0538. The van der Waals surface area contributed by atoms with Crippen LogP contribution in [0.4, 0.5) is 5.69 Å². The van der Waals surface area contributed by atoms with Crippen molar-refractivity contribution < 1.29 is 17.9 Å². The standard InChI is InChI=1S/C23H33N5O4S2/c1-27(19-11-12-34(30,31)16-19)22(29)15-33-23-26-25-21(28(23)18-8-4-3-5-9-18)14-24-17-7-6-10-20(13-17)32-2/h6-7,10,13,18-19,24H,3-5,8-9,11-12,14-16H2,1-2H3/t19-/m1/s1. The van der Waals surface area contributed by atoms with Crippen molar-refractivity contribution in [2.75, 3.05) is 36.7 Å². The second-order valence-electron chi connectivity index (χ2n) is 9.00. The average molecular weight is 508 g/mol. The van der Waals surface area contributed by atoms with E-state index in [1.54, 1.807) is 19.1 Å². The van der Waals surface area contributed by atoms with Crippen molar-refractivity contribution >= 4 is 33.2 Å². The van der Waals surface area contributed by atoms with Crippen LogP contribution in [0.5, 0.6) is 5.75 Å². The fraction of sp³-hybridized carbons (Fsp3) is 0.609. The van der Waals surface area contributed by atoms with E-state index in [9.17, 15) is 13.2 Å². The Morgan fingerprint density at radius 2 is 2.03 bits per heavy atom. The number of methoxy groups -OCH3 is 1. The maximum atomic E-state index is 12.8. The normalized spacial score (nSPS) is 20.2. The van der Waals surface area contributed by atoms with Crippen LogP contribution < -0.4 is 10.1 Å². The van der Waals surface area contributed by atoms with Gasteiger partial charge in [0.25, 0.3) is 0 Å². The molecule has 1 aromatic heterocycles. The van der Waals surface area contributed by atoms with Crippen LogP contribution in [0.25, 0.3) is 0 Å². The van der Waals surface area contributed by atoms with Crippen molar-refractivity contribution in [3.63, 3.8) is 0 Å². The van der Waals surface area contributed by atoms with Crippen molar-refractivity contribution in [1.29, 1.82) is 0 Å². The molecular weight excluding hydrogens is 474 g/mol. The van der Waals surface area contributed by atoms with Crippen molar-refractivity contribution in [3.05, 3.63) is 30.1 Å². The van der Waals surface area contributed by atoms with E-state index in [-0.39, 0.29) is 29.2 Å². The fourth-order valence-electron chi connectivity index (χ4n) is 4.66. The lowest BCUT2D eigenvalue weighted by Crippen LogP contribution is -2.38. The third-order valence-corrected chi connectivity index (χ3v) is 9.35. The van der Waals surface area contributed by atoms with Gasteiger partial charge in [-0.3, -0.25) is 4.79 Å². The van der Waals surface area contributed by atoms with E-state index >= 15 is 0 Å². The summed E-state index contributed by atoms with van der Waals surface area (Å²) in [5.41, 5.74) is 0.940. The van der Waals surface area contributed by atoms with Crippen LogP contribution in [0.15, 0.2) is 29.4 Å². The zero-order chi connectivity index (χ0) is 24.1. The summed E-state index contributed by atoms with van der Waals surface area (Å²) >= 11 is 1.39. The van der Waals surface area contributed by atoms with Gasteiger partial charge in [-0.25, -0.2) is 8.42 Å². The van der Waals surface area contributed by atoms with Gasteiger partial charge in [-0.2, -0.15) is 0 Å². The van der Waals surface area contributed by atoms with Gasteiger partial charge in [0, 0.05) is 30.9 Å². The molecule has 1 aliphatic carbocycles. The topological polar surface area (TPSA) is 106 Å². The zero-order valence-corrected chi connectivity index (χ0v) is 21.4. The van der Waals surface area contributed by atoms with Gasteiger partial charge >= 0.3 is 0 Å². The Labute approximate surface area is 205 Å². The van der Waals surface area contributed by atoms with Crippen molar-refractivity contribution in [1.82, 2.24) is 19.7 Å². The molecule has 4 rings (SSSR count). The third kappa shape index (κ3) is 6.04. The van der Waals surface area contributed by atoms with Gasteiger partial charge in [0.05, 0.1) is 30.9 Å². The predicted molar refractivity (Wildman–Crippen MR) is 133 cm³/mol. The molecule has 0 unspecified atom stereocenters. The summed E-state index contributed by atoms with van der Waals surface area (Å²) in [6.07, 6.45) is 6.25. The van der Waals surface area contributed by atoms with Crippen LogP contribution in [0.3, 0.4) is 0 Å². The number of nitrogens with zero attached hydrogens (tertiary/aromatic N) is 4. The molecule has 0 radical (unpaired) electrons. The lowest BCUT2D eigenvalue weighted by atomic mass is 9.95. The molecule has 186 valence electrons. The number of hydrogen-bond donors (Lipinski definition) is 1. The quantitative estimate of drug-likeness (QED) is 0.516. The van der Waals surface area contributed by atoms with Gasteiger partial charge < -0.3 is 19.5 Å². The number of aromatic nitrogens is 3. The lowest BCUT2D eigenvalue weighted by molar-refractivity contribution is -0.128. The van der Waals surface area contributed by atoms with Gasteiger partial charge in [-0.1, -0.05) is 37.1 Å². The molecule has 2 aliphatic rings. The summed E-state index contributed by atoms with van der Waals surface area (Å²) in [7, 11) is 0.309. The summed E-state index contributed by atoms with van der Waals surface area (Å²) < 4.78 is 31.1. The fourth-order valence-corrected chi connectivity index (χ4v) is 7.38. The molecule has 1 saturated carbocycles. The number of ether oxygens (including phenoxy) is 1. The number of benzene rings is 1. The maximum absolute atomic E-state index is 12.8. The molecule has 9 nitrogen and oxygen atoms in total. The molecule has 2 heterocycles. The highest BCUT2D eigenvalue weighted by Crippen LogP contribution is 2.33. The van der Waals surface area contributed by atoms with E-state index in [0.29, 0.717) is 19.0 Å². The second-order valence-corrected chi connectivity index (χ2v) is 12.2. The Morgan fingerprint density at radius 1 is 1.24 bits per heavy atom. The number of anilines is 1. The van der Waals surface area contributed by atoms with E-state index < -0.39 is 9.84 Å². The van der Waals surface area contributed by atoms with Crippen molar-refractivity contribution in [2.45, 2.75) is 62.3 Å². The van der Waals surface area contributed by atoms with Gasteiger partial charge in [-0.05, 0) is 31.4 Å². The first-order valence-electron chi connectivity index (χ1n) is 11.8. The Morgan fingerprint density at radius 3 is 2.74 bits per heavy atom. The van der Waals surface area contributed by atoms with E-state index in [0.717, 1.165) is 35.3 Å². The van der Waals surface area contributed by atoms with E-state index in [4.69, 9.17) is 4.74 Å². The van der Waals surface area contributed by atoms with E-state index in [1.165, 1.54) is 31.0 Å². The Kier molecular flexibility index (Phi) is 8.02. The highest BCUT2D eigenvalue weighted by molar-refractivity contribution is 7.99. The summed E-state index contributed by atoms with van der Waals surface area (Å²) in [5, 5.41) is 13.1. The van der Waals surface area contributed by atoms with Crippen LogP contribution in [0.1, 0.15) is 50.4 Å². The summed E-state index contributed by atoms with van der Waals surface area (Å²) in [5.74, 6) is 1.97. The van der Waals surface area contributed by atoms with Gasteiger partial charge in [0.1, 0.15) is 5.75 Å². The smallest absolute Gasteiger partial charge is 0.233 e. The second kappa shape index (κ2) is 11.0. The third-order valence-electron chi connectivity index (χ3n) is 6.67. The van der Waals surface area contributed by atoms with Crippen LogP contribution in [-0.4, -0.2) is 71.4 Å². The summed E-state index contributed by atoms with van der Waals surface area (Å²) in [6.45, 7) is 0.519. The first kappa shape index (κ1) is 24.8. The molecule has 0 bridgehead atoms. The van der Waals surface area contributed by atoms with Crippen LogP contribution in [0.2, 0.25) is 0 Å². The number of amides is 1. The Bertz CT molecular complexity index is 1100. The summed E-state index contributed by atoms with van der Waals surface area (Å²) in [6, 6.07) is 7.84. The first-order chi connectivity index (χ1) is 16.4. The number of carbonyl (C=O) groups is 1. The molecule has 2 aromatic rings. The first-order valence-corrected chi connectivity index (χ1v) is 14.6. The highest BCUT2D eigenvalue weighted by Gasteiger charge is 2.33. The molecule has 1 aliphatic heterocycles. The number of nitrogens with one attached hydrogen (secondary N) is 1. The molecular formula is C23H33N5O4S2. The SMILES string of the molecule is COc1cccc(NCc2nnc(SCC(=O)N(C)[C@@H]3CCS(=O)(=O)C3)n2C2CCCCC2)c1. The summed E-state index contributed by atoms with van der Waals surface area (Å²) in [4.78, 5) is 14.4. The molecule has 1 saturated heterocycles. The molecule has 1 amide bonds. The largest absolute Gasteiger partial charge is 0.497 e. The minimum Gasteiger partial charge on any atom is -0.497 e. The lowest BCUT2D eigenvalue weighted by Gasteiger charge is -2.26. The van der Waals surface area contributed by atoms with Crippen molar-refractivity contribution in [2.24, 2.45) is 0 Å². The van der Waals surface area contributed by atoms with Crippen molar-refractivity contribution in [3.8, 4) is 5.75 Å². The molecule has 1 N–H and O–H groups in total. The monoisotopic (exact) mass is 507 g/mol. The Hall–Kier alpha value is -2.27. The molecule has 1 atom stereocenters. The molecule has 2 fully saturated rings. The molecule has 1 aromatic carbocycles. The minimum atomic E-state index is -3.03. The molecule has 11 heteroatoms. The van der Waals surface area contributed by atoms with Gasteiger partial charge in [-0.15, -0.1) is 10.2 Å². The zero-order valence-electron chi connectivity index (χ0n) is 19.8. The van der Waals surface area contributed by atoms with Gasteiger partial charge in [0.2, 0.25) is 5.91 Å². The van der Waals surface area contributed by atoms with E-state index in [2.05, 4.69) is 20.1 Å².